The molecule has 1 saturated heterocycles. The molecular weight excluding hydrogens is 452 g/mol. The van der Waals surface area contributed by atoms with E-state index in [9.17, 15) is 8.78 Å². The van der Waals surface area contributed by atoms with Crippen LogP contribution in [-0.4, -0.2) is 64.4 Å². The summed E-state index contributed by atoms with van der Waals surface area (Å²) in [5.41, 5.74) is 2.04. The minimum absolute atomic E-state index is 0.0149. The van der Waals surface area contributed by atoms with Crippen molar-refractivity contribution in [2.45, 2.75) is 19.9 Å². The van der Waals surface area contributed by atoms with Crippen molar-refractivity contribution in [3.05, 3.63) is 54.1 Å². The van der Waals surface area contributed by atoms with Gasteiger partial charge in [-0.05, 0) is 38.1 Å². The summed E-state index contributed by atoms with van der Waals surface area (Å²) in [6.07, 6.45) is 2.86. The van der Waals surface area contributed by atoms with Gasteiger partial charge in [-0.1, -0.05) is 0 Å². The van der Waals surface area contributed by atoms with E-state index in [4.69, 9.17) is 0 Å². The first-order valence-corrected chi connectivity index (χ1v) is 11.4. The molecule has 0 bridgehead atoms. The molecule has 0 spiro atoms. The van der Waals surface area contributed by atoms with Gasteiger partial charge < -0.3 is 20.5 Å². The van der Waals surface area contributed by atoms with Gasteiger partial charge in [-0.3, -0.25) is 0 Å². The van der Waals surface area contributed by atoms with Gasteiger partial charge in [0.15, 0.2) is 11.6 Å². The predicted octanol–water partition coefficient (Wildman–Crippen LogP) is 3.21. The largest absolute Gasteiger partial charge is 0.367 e. The van der Waals surface area contributed by atoms with E-state index in [-0.39, 0.29) is 22.7 Å². The average molecular weight is 480 g/mol. The zero-order chi connectivity index (χ0) is 24.7. The lowest BCUT2D eigenvalue weighted by molar-refractivity contribution is 0.484. The van der Waals surface area contributed by atoms with Crippen molar-refractivity contribution in [3.63, 3.8) is 0 Å². The Kier molecular flexibility index (Phi) is 5.93. The number of benzene rings is 1. The highest BCUT2D eigenvalue weighted by atomic mass is 19.1. The van der Waals surface area contributed by atoms with Crippen LogP contribution in [-0.2, 0) is 0 Å². The SMILES string of the molecule is Cc1nc2c(F)cc(-c3nc(Nc4ccc(N5CCNC(C)C5)cn4)ncc3F)cc2n1N(C)C. The third-order valence-corrected chi connectivity index (χ3v) is 5.99. The Balaban J connectivity index is 1.43. The number of halogens is 2. The third kappa shape index (κ3) is 4.46. The number of aromatic nitrogens is 5. The quantitative estimate of drug-likeness (QED) is 0.451. The lowest BCUT2D eigenvalue weighted by atomic mass is 10.1. The number of piperazine rings is 1. The van der Waals surface area contributed by atoms with Crippen molar-refractivity contribution in [2.24, 2.45) is 0 Å². The topological polar surface area (TPSA) is 87.0 Å². The summed E-state index contributed by atoms with van der Waals surface area (Å²) in [5.74, 6) is 0.107. The first-order valence-electron chi connectivity index (χ1n) is 11.4. The molecule has 5 rings (SSSR count). The van der Waals surface area contributed by atoms with Crippen LogP contribution in [0.5, 0.6) is 0 Å². The maximum Gasteiger partial charge on any atom is 0.229 e. The Morgan fingerprint density at radius 2 is 1.91 bits per heavy atom. The summed E-state index contributed by atoms with van der Waals surface area (Å²) >= 11 is 0. The second kappa shape index (κ2) is 9.06. The molecule has 4 heterocycles. The predicted molar refractivity (Wildman–Crippen MR) is 133 cm³/mol. The van der Waals surface area contributed by atoms with Crippen LogP contribution in [0.2, 0.25) is 0 Å². The minimum Gasteiger partial charge on any atom is -0.367 e. The Labute approximate surface area is 201 Å². The number of nitrogens with zero attached hydrogens (tertiary/aromatic N) is 7. The fourth-order valence-corrected chi connectivity index (χ4v) is 4.44. The van der Waals surface area contributed by atoms with Crippen LogP contribution in [0.3, 0.4) is 0 Å². The summed E-state index contributed by atoms with van der Waals surface area (Å²) in [7, 11) is 3.65. The first kappa shape index (κ1) is 22.9. The van der Waals surface area contributed by atoms with Gasteiger partial charge in [0.1, 0.15) is 22.9 Å². The molecule has 11 heteroatoms. The fourth-order valence-electron chi connectivity index (χ4n) is 4.44. The number of nitrogens with one attached hydrogen (secondary N) is 2. The first-order chi connectivity index (χ1) is 16.8. The standard InChI is InChI=1S/C24H27F2N9/c1-14-13-34(8-7-27-14)17-5-6-21(28-11-17)31-24-29-12-19(26)22(32-24)16-9-18(25)23-20(10-16)35(33(3)4)15(2)30-23/h5-6,9-12,14,27H,7-8,13H2,1-4H3,(H,28,29,31,32). The number of anilines is 3. The van der Waals surface area contributed by atoms with Gasteiger partial charge in [-0.2, -0.15) is 0 Å². The van der Waals surface area contributed by atoms with Crippen LogP contribution < -0.4 is 20.5 Å². The van der Waals surface area contributed by atoms with Gasteiger partial charge >= 0.3 is 0 Å². The molecule has 1 unspecified atom stereocenters. The summed E-state index contributed by atoms with van der Waals surface area (Å²) in [6, 6.07) is 7.14. The van der Waals surface area contributed by atoms with Crippen LogP contribution >= 0.6 is 0 Å². The molecule has 35 heavy (non-hydrogen) atoms. The number of rotatable bonds is 5. The molecule has 2 N–H and O–H groups in total. The van der Waals surface area contributed by atoms with E-state index < -0.39 is 11.6 Å². The number of aryl methyl sites for hydroxylation is 1. The number of hydrogen-bond donors (Lipinski definition) is 2. The van der Waals surface area contributed by atoms with E-state index in [1.165, 1.54) is 6.07 Å². The molecule has 182 valence electrons. The van der Waals surface area contributed by atoms with Gasteiger partial charge in [0.05, 0.1) is 23.6 Å². The molecule has 1 aromatic carbocycles. The van der Waals surface area contributed by atoms with Crippen molar-refractivity contribution >= 4 is 28.5 Å². The number of fused-ring (bicyclic) bond motifs is 1. The van der Waals surface area contributed by atoms with Crippen LogP contribution in [0.15, 0.2) is 36.7 Å². The van der Waals surface area contributed by atoms with Crippen molar-refractivity contribution < 1.29 is 8.78 Å². The van der Waals surface area contributed by atoms with Crippen LogP contribution in [0.25, 0.3) is 22.3 Å². The van der Waals surface area contributed by atoms with Gasteiger partial charge in [-0.15, -0.1) is 0 Å². The van der Waals surface area contributed by atoms with Crippen LogP contribution in [0, 0.1) is 18.6 Å². The smallest absolute Gasteiger partial charge is 0.229 e. The Morgan fingerprint density at radius 1 is 1.09 bits per heavy atom. The van der Waals surface area contributed by atoms with E-state index in [0.717, 1.165) is 31.5 Å². The number of imidazole rings is 1. The molecule has 4 aromatic rings. The van der Waals surface area contributed by atoms with E-state index in [1.807, 2.05) is 26.2 Å². The number of hydrogen-bond acceptors (Lipinski definition) is 8. The zero-order valence-electron chi connectivity index (χ0n) is 20.0. The molecule has 0 aliphatic carbocycles. The maximum absolute atomic E-state index is 14.9. The Morgan fingerprint density at radius 3 is 2.63 bits per heavy atom. The monoisotopic (exact) mass is 479 g/mol. The van der Waals surface area contributed by atoms with Crippen molar-refractivity contribution in [1.29, 1.82) is 0 Å². The summed E-state index contributed by atoms with van der Waals surface area (Å²) in [5, 5.41) is 8.22. The summed E-state index contributed by atoms with van der Waals surface area (Å²) in [4.78, 5) is 19.4. The molecule has 9 nitrogen and oxygen atoms in total. The molecule has 1 aliphatic rings. The molecule has 3 aromatic heterocycles. The number of pyridine rings is 1. The normalized spacial score (nSPS) is 16.1. The van der Waals surface area contributed by atoms with Gasteiger partial charge in [0, 0.05) is 45.3 Å². The van der Waals surface area contributed by atoms with E-state index in [2.05, 4.69) is 42.4 Å². The molecule has 0 saturated carbocycles. The van der Waals surface area contributed by atoms with E-state index >= 15 is 0 Å². The van der Waals surface area contributed by atoms with Crippen molar-refractivity contribution in [3.8, 4) is 11.3 Å². The second-order valence-corrected chi connectivity index (χ2v) is 8.86. The second-order valence-electron chi connectivity index (χ2n) is 8.86. The van der Waals surface area contributed by atoms with Gasteiger partial charge in [-0.25, -0.2) is 33.4 Å². The summed E-state index contributed by atoms with van der Waals surface area (Å²) in [6.45, 7) is 6.68. The minimum atomic E-state index is -0.655. The van der Waals surface area contributed by atoms with E-state index in [0.29, 0.717) is 23.2 Å². The highest BCUT2D eigenvalue weighted by molar-refractivity contribution is 5.83. The van der Waals surface area contributed by atoms with Crippen molar-refractivity contribution in [2.75, 3.05) is 49.0 Å². The fraction of sp³-hybridized carbons (Fsp3) is 0.333. The third-order valence-electron chi connectivity index (χ3n) is 5.99. The van der Waals surface area contributed by atoms with Crippen LogP contribution in [0.4, 0.5) is 26.2 Å². The van der Waals surface area contributed by atoms with Crippen LogP contribution in [0.1, 0.15) is 12.7 Å². The maximum atomic E-state index is 14.9. The van der Waals surface area contributed by atoms with Gasteiger partial charge in [0.2, 0.25) is 5.95 Å². The Hall–Kier alpha value is -3.86. The lowest BCUT2D eigenvalue weighted by Gasteiger charge is -2.33. The summed E-state index contributed by atoms with van der Waals surface area (Å²) < 4.78 is 31.4. The average Bonchev–Trinajstić information content (AvgIpc) is 3.17. The molecule has 1 atom stereocenters. The molecular formula is C24H27F2N9. The van der Waals surface area contributed by atoms with Crippen molar-refractivity contribution in [1.82, 2.24) is 29.9 Å². The Bertz CT molecular complexity index is 1370. The van der Waals surface area contributed by atoms with E-state index in [1.54, 1.807) is 28.9 Å². The molecule has 0 radical (unpaired) electrons. The highest BCUT2D eigenvalue weighted by Crippen LogP contribution is 2.29. The molecule has 0 amide bonds. The van der Waals surface area contributed by atoms with Gasteiger partial charge in [0.25, 0.3) is 0 Å². The zero-order valence-corrected chi connectivity index (χ0v) is 20.0. The lowest BCUT2D eigenvalue weighted by Crippen LogP contribution is -2.49. The molecule has 1 aliphatic heterocycles. The molecule has 1 fully saturated rings. The highest BCUT2D eigenvalue weighted by Gasteiger charge is 2.19.